The van der Waals surface area contributed by atoms with Gasteiger partial charge >= 0.3 is 5.97 Å². The van der Waals surface area contributed by atoms with Gasteiger partial charge in [-0.1, -0.05) is 0 Å². The molecular weight excluding hydrogens is 332 g/mol. The van der Waals surface area contributed by atoms with Crippen molar-refractivity contribution in [1.29, 1.82) is 0 Å². The molecule has 0 amide bonds. The predicted molar refractivity (Wildman–Crippen MR) is 87.6 cm³/mol. The van der Waals surface area contributed by atoms with Crippen LogP contribution in [0.1, 0.15) is 41.0 Å². The lowest BCUT2D eigenvalue weighted by atomic mass is 9.99. The van der Waals surface area contributed by atoms with Gasteiger partial charge in [0.2, 0.25) is 0 Å². The highest BCUT2D eigenvalue weighted by molar-refractivity contribution is 6.36. The first-order chi connectivity index (χ1) is 11.6. The summed E-state index contributed by atoms with van der Waals surface area (Å²) in [6, 6.07) is 0. The van der Waals surface area contributed by atoms with Crippen LogP contribution in [0.2, 0.25) is 0 Å². The molecule has 2 aliphatic rings. The molecule has 0 radical (unpaired) electrons. The summed E-state index contributed by atoms with van der Waals surface area (Å²) >= 11 is 0. The third-order valence-corrected chi connectivity index (χ3v) is 4.03. The first-order valence-electron chi connectivity index (χ1n) is 8.38. The normalized spacial score (nSPS) is 32.6. The Kier molecular flexibility index (Phi) is 6.05. The van der Waals surface area contributed by atoms with Gasteiger partial charge in [-0.15, -0.1) is 0 Å². The van der Waals surface area contributed by atoms with Crippen molar-refractivity contribution in [2.24, 2.45) is 10.9 Å². The van der Waals surface area contributed by atoms with E-state index in [1.54, 1.807) is 34.6 Å². The molecule has 2 fully saturated rings. The van der Waals surface area contributed by atoms with Gasteiger partial charge in [0, 0.05) is 6.42 Å². The van der Waals surface area contributed by atoms with Crippen molar-refractivity contribution in [3.05, 3.63) is 0 Å². The van der Waals surface area contributed by atoms with Crippen LogP contribution in [0.4, 0.5) is 0 Å². The van der Waals surface area contributed by atoms with Crippen LogP contribution in [0.3, 0.4) is 0 Å². The summed E-state index contributed by atoms with van der Waals surface area (Å²) in [5.74, 6) is 2.99. The smallest absolute Gasteiger partial charge is 0.354 e. The summed E-state index contributed by atoms with van der Waals surface area (Å²) < 4.78 is 27.8. The topological polar surface area (TPSA) is 122 Å². The molecule has 0 unspecified atom stereocenters. The summed E-state index contributed by atoms with van der Waals surface area (Å²) in [4.78, 5) is 11.9. The minimum Gasteiger partial charge on any atom is -0.461 e. The van der Waals surface area contributed by atoms with Gasteiger partial charge in [-0.2, -0.15) is 5.10 Å². The van der Waals surface area contributed by atoms with E-state index in [1.165, 1.54) is 0 Å². The zero-order chi connectivity index (χ0) is 18.8. The van der Waals surface area contributed by atoms with Crippen molar-refractivity contribution in [3.8, 4) is 0 Å². The zero-order valence-electron chi connectivity index (χ0n) is 15.4. The quantitative estimate of drug-likeness (QED) is 0.300. The molecule has 2 aliphatic heterocycles. The van der Waals surface area contributed by atoms with E-state index in [-0.39, 0.29) is 25.3 Å². The average Bonchev–Trinajstić information content (AvgIpc) is 3.03. The van der Waals surface area contributed by atoms with Gasteiger partial charge in [0.05, 0.1) is 19.3 Å². The Balaban J connectivity index is 2.11. The lowest BCUT2D eigenvalue weighted by molar-refractivity contribution is -0.178. The van der Waals surface area contributed by atoms with Gasteiger partial charge in [-0.05, 0) is 34.6 Å². The molecule has 0 aromatic heterocycles. The molecule has 144 valence electrons. The fourth-order valence-electron chi connectivity index (χ4n) is 3.00. The number of ether oxygens (including phenoxy) is 5. The minimum atomic E-state index is -1.00. The molecule has 0 saturated carbocycles. The summed E-state index contributed by atoms with van der Waals surface area (Å²) in [6.07, 6.45) is -2.89. The van der Waals surface area contributed by atoms with Gasteiger partial charge in [0.15, 0.2) is 11.6 Å². The second kappa shape index (κ2) is 7.55. The molecule has 0 aromatic rings. The van der Waals surface area contributed by atoms with Crippen LogP contribution in [0.5, 0.6) is 0 Å². The molecule has 0 aliphatic carbocycles. The fourth-order valence-corrected chi connectivity index (χ4v) is 3.00. The number of nitrogens with zero attached hydrogens (tertiary/aromatic N) is 1. The van der Waals surface area contributed by atoms with Crippen LogP contribution in [0.25, 0.3) is 0 Å². The van der Waals surface area contributed by atoms with Gasteiger partial charge < -0.3 is 34.6 Å². The molecule has 3 N–H and O–H groups in total. The Morgan fingerprint density at radius 1 is 1.28 bits per heavy atom. The third kappa shape index (κ3) is 4.89. The van der Waals surface area contributed by atoms with Crippen molar-refractivity contribution in [3.63, 3.8) is 0 Å². The van der Waals surface area contributed by atoms with Crippen LogP contribution >= 0.6 is 0 Å². The van der Waals surface area contributed by atoms with Gasteiger partial charge in [-0.25, -0.2) is 4.79 Å². The van der Waals surface area contributed by atoms with Crippen molar-refractivity contribution < 1.29 is 33.6 Å². The van der Waals surface area contributed by atoms with Gasteiger partial charge in [0.25, 0.3) is 0 Å². The van der Waals surface area contributed by atoms with E-state index in [1.807, 2.05) is 0 Å². The van der Waals surface area contributed by atoms with Crippen LogP contribution in [-0.4, -0.2) is 66.0 Å². The average molecular weight is 360 g/mol. The van der Waals surface area contributed by atoms with E-state index in [0.29, 0.717) is 0 Å². The minimum absolute atomic E-state index is 0.0225. The number of carbonyl (C=O) groups is 1. The van der Waals surface area contributed by atoms with Crippen molar-refractivity contribution in [2.75, 3.05) is 13.2 Å². The van der Waals surface area contributed by atoms with Crippen LogP contribution in [0.15, 0.2) is 5.10 Å². The van der Waals surface area contributed by atoms with Crippen molar-refractivity contribution in [1.82, 2.24) is 0 Å². The second-order valence-corrected chi connectivity index (χ2v) is 7.00. The summed E-state index contributed by atoms with van der Waals surface area (Å²) in [5.41, 5.74) is 0.0225. The Morgan fingerprint density at radius 2 is 1.96 bits per heavy atom. The van der Waals surface area contributed by atoms with Gasteiger partial charge in [-0.3, -0.25) is 0 Å². The van der Waals surface area contributed by atoms with E-state index in [2.05, 4.69) is 5.10 Å². The van der Waals surface area contributed by atoms with E-state index >= 15 is 0 Å². The summed E-state index contributed by atoms with van der Waals surface area (Å²) in [7, 11) is 0. The molecule has 2 heterocycles. The van der Waals surface area contributed by atoms with E-state index in [0.717, 1.165) is 0 Å². The molecule has 0 bridgehead atoms. The number of hydrogen-bond donors (Lipinski definition) is 2. The maximum absolute atomic E-state index is 11.9. The number of carbonyl (C=O) groups excluding carboxylic acids is 1. The Bertz CT molecular complexity index is 521. The maximum Gasteiger partial charge on any atom is 0.354 e. The highest BCUT2D eigenvalue weighted by Gasteiger charge is 2.50. The Hall–Kier alpha value is -1.26. The first-order valence-corrected chi connectivity index (χ1v) is 8.38. The van der Waals surface area contributed by atoms with E-state index < -0.39 is 42.0 Å². The monoisotopic (exact) mass is 360 g/mol. The highest BCUT2D eigenvalue weighted by Crippen LogP contribution is 2.35. The van der Waals surface area contributed by atoms with Crippen molar-refractivity contribution in [2.45, 2.75) is 77.0 Å². The summed E-state index contributed by atoms with van der Waals surface area (Å²) in [5, 5.41) is 14.2. The molecule has 25 heavy (non-hydrogen) atoms. The standard InChI is InChI=1S/C16H28N2O7/c1-6-21-14(20)9(18-17)7-10-13(25-16(4,5)23-10)12(19)11-8-22-15(2,3)24-11/h10-13,19H,6-8,17H2,1-5H3/b18-9+/t10-,11-,12-,13-/m1/s1. The second-order valence-electron chi connectivity index (χ2n) is 7.00. The lowest BCUT2D eigenvalue weighted by Gasteiger charge is -2.27. The van der Waals surface area contributed by atoms with Gasteiger partial charge in [0.1, 0.15) is 24.0 Å². The lowest BCUT2D eigenvalue weighted by Crippen LogP contribution is -2.46. The predicted octanol–water partition coefficient (Wildman–Crippen LogP) is 0.287. The molecule has 4 atom stereocenters. The number of hydrazone groups is 1. The fraction of sp³-hybridized carbons (Fsp3) is 0.875. The van der Waals surface area contributed by atoms with E-state index in [9.17, 15) is 9.90 Å². The Labute approximate surface area is 147 Å². The third-order valence-electron chi connectivity index (χ3n) is 4.03. The van der Waals surface area contributed by atoms with E-state index in [4.69, 9.17) is 29.5 Å². The number of esters is 1. The molecule has 0 spiro atoms. The largest absolute Gasteiger partial charge is 0.461 e. The molecule has 2 saturated heterocycles. The van der Waals surface area contributed by atoms with Crippen LogP contribution in [-0.2, 0) is 28.5 Å². The maximum atomic E-state index is 11.9. The first kappa shape index (κ1) is 20.1. The van der Waals surface area contributed by atoms with Crippen LogP contribution in [0, 0.1) is 0 Å². The summed E-state index contributed by atoms with van der Waals surface area (Å²) in [6.45, 7) is 9.13. The molecule has 2 rings (SSSR count). The highest BCUT2D eigenvalue weighted by atomic mass is 16.8. The van der Waals surface area contributed by atoms with Crippen molar-refractivity contribution >= 4 is 11.7 Å². The molecule has 9 nitrogen and oxygen atoms in total. The zero-order valence-corrected chi connectivity index (χ0v) is 15.4. The molecular formula is C16H28N2O7. The number of nitrogens with two attached hydrogens (primary N) is 1. The number of aliphatic hydroxyl groups is 1. The van der Waals surface area contributed by atoms with Crippen LogP contribution < -0.4 is 5.84 Å². The molecule has 9 heteroatoms. The SMILES string of the molecule is CCOC(=O)/C(C[C@H]1OC(C)(C)O[C@H]1[C@H](O)[C@H]1COC(C)(C)O1)=N/N. The Morgan fingerprint density at radius 3 is 2.48 bits per heavy atom. The number of rotatable bonds is 6. The molecule has 0 aromatic carbocycles. The number of aliphatic hydroxyl groups excluding tert-OH is 1. The number of hydrogen-bond acceptors (Lipinski definition) is 9.